The summed E-state index contributed by atoms with van der Waals surface area (Å²) < 4.78 is 0. The molecule has 19 heavy (non-hydrogen) atoms. The number of nitrogens with zero attached hydrogens (tertiary/aromatic N) is 2. The fourth-order valence-corrected chi connectivity index (χ4v) is 3.53. The number of rotatable bonds is 7. The molecule has 0 saturated heterocycles. The van der Waals surface area contributed by atoms with Crippen molar-refractivity contribution in [3.05, 3.63) is 11.4 Å². The summed E-state index contributed by atoms with van der Waals surface area (Å²) in [5, 5.41) is 16.8. The van der Waals surface area contributed by atoms with E-state index in [0.717, 1.165) is 34.6 Å². The van der Waals surface area contributed by atoms with E-state index in [4.69, 9.17) is 5.11 Å². The predicted molar refractivity (Wildman–Crippen MR) is 83.2 cm³/mol. The maximum absolute atomic E-state index is 9.00. The first-order valence-electron chi connectivity index (χ1n) is 6.51. The first-order chi connectivity index (χ1) is 9.24. The summed E-state index contributed by atoms with van der Waals surface area (Å²) in [6.07, 6.45) is 1.83. The summed E-state index contributed by atoms with van der Waals surface area (Å²) in [7, 11) is 0. The van der Waals surface area contributed by atoms with Gasteiger partial charge in [0.15, 0.2) is 0 Å². The number of hydrogen-bond donors (Lipinski definition) is 2. The molecule has 2 N–H and O–H groups in total. The van der Waals surface area contributed by atoms with Crippen LogP contribution >= 0.6 is 23.1 Å². The molecule has 1 atom stereocenters. The first kappa shape index (κ1) is 14.6. The maximum atomic E-state index is 9.00. The Kier molecular flexibility index (Phi) is 5.42. The molecule has 0 aromatic carbocycles. The van der Waals surface area contributed by atoms with Gasteiger partial charge in [0, 0.05) is 23.8 Å². The topological polar surface area (TPSA) is 58.0 Å². The van der Waals surface area contributed by atoms with Gasteiger partial charge in [-0.3, -0.25) is 0 Å². The third-order valence-corrected chi connectivity index (χ3v) is 4.65. The molecule has 4 nitrogen and oxygen atoms in total. The van der Waals surface area contributed by atoms with Crippen LogP contribution in [0.3, 0.4) is 0 Å². The number of thioether (sulfide) groups is 1. The van der Waals surface area contributed by atoms with E-state index in [1.165, 1.54) is 0 Å². The summed E-state index contributed by atoms with van der Waals surface area (Å²) in [5.41, 5.74) is 0. The second-order valence-corrected chi connectivity index (χ2v) is 6.68. The number of anilines is 1. The second kappa shape index (κ2) is 7.07. The lowest BCUT2D eigenvalue weighted by Crippen LogP contribution is -2.06. The van der Waals surface area contributed by atoms with E-state index in [1.54, 1.807) is 23.1 Å². The first-order valence-corrected chi connectivity index (χ1v) is 8.27. The van der Waals surface area contributed by atoms with Crippen molar-refractivity contribution in [2.75, 3.05) is 18.5 Å². The fraction of sp³-hybridized carbons (Fsp3) is 0.538. The van der Waals surface area contributed by atoms with E-state index in [-0.39, 0.29) is 6.61 Å². The zero-order valence-corrected chi connectivity index (χ0v) is 12.9. The Balaban J connectivity index is 2.25. The summed E-state index contributed by atoms with van der Waals surface area (Å²) in [5.74, 6) is 0.704. The van der Waals surface area contributed by atoms with Gasteiger partial charge in [-0.15, -0.1) is 23.1 Å². The van der Waals surface area contributed by atoms with Gasteiger partial charge in [-0.1, -0.05) is 13.8 Å². The summed E-state index contributed by atoms with van der Waals surface area (Å²) >= 11 is 3.34. The zero-order chi connectivity index (χ0) is 13.7. The van der Waals surface area contributed by atoms with Gasteiger partial charge in [0.05, 0.1) is 0 Å². The van der Waals surface area contributed by atoms with Crippen LogP contribution in [-0.4, -0.2) is 33.5 Å². The molecular formula is C13H19N3OS2. The Morgan fingerprint density at radius 2 is 2.32 bits per heavy atom. The SMILES string of the molecule is CCCNc1nc(SC(C)CCO)c2ccsc2n1. The minimum Gasteiger partial charge on any atom is -0.396 e. The van der Waals surface area contributed by atoms with E-state index in [9.17, 15) is 0 Å². The largest absolute Gasteiger partial charge is 0.396 e. The highest BCUT2D eigenvalue weighted by Gasteiger charge is 2.12. The monoisotopic (exact) mass is 297 g/mol. The van der Waals surface area contributed by atoms with E-state index >= 15 is 0 Å². The van der Waals surface area contributed by atoms with Gasteiger partial charge in [-0.05, 0) is 24.3 Å². The Bertz CT molecular complexity index is 530. The van der Waals surface area contributed by atoms with Crippen LogP contribution in [0, 0.1) is 0 Å². The molecule has 2 aromatic heterocycles. The Morgan fingerprint density at radius 1 is 1.47 bits per heavy atom. The van der Waals surface area contributed by atoms with Gasteiger partial charge in [0.25, 0.3) is 0 Å². The van der Waals surface area contributed by atoms with Gasteiger partial charge in [-0.25, -0.2) is 9.97 Å². The Hall–Kier alpha value is -0.850. The highest BCUT2D eigenvalue weighted by atomic mass is 32.2. The lowest BCUT2D eigenvalue weighted by atomic mass is 10.3. The van der Waals surface area contributed by atoms with Crippen molar-refractivity contribution in [3.8, 4) is 0 Å². The zero-order valence-electron chi connectivity index (χ0n) is 11.2. The molecule has 0 aliphatic carbocycles. The molecule has 2 rings (SSSR count). The Labute approximate surface area is 121 Å². The van der Waals surface area contributed by atoms with Gasteiger partial charge >= 0.3 is 0 Å². The van der Waals surface area contributed by atoms with Crippen molar-refractivity contribution in [3.63, 3.8) is 0 Å². The quantitative estimate of drug-likeness (QED) is 0.606. The maximum Gasteiger partial charge on any atom is 0.225 e. The highest BCUT2D eigenvalue weighted by Crippen LogP contribution is 2.32. The lowest BCUT2D eigenvalue weighted by molar-refractivity contribution is 0.289. The van der Waals surface area contributed by atoms with E-state index < -0.39 is 0 Å². The number of hydrogen-bond acceptors (Lipinski definition) is 6. The summed E-state index contributed by atoms with van der Waals surface area (Å²) in [4.78, 5) is 10.1. The van der Waals surface area contributed by atoms with Crippen molar-refractivity contribution >= 4 is 39.3 Å². The standard InChI is InChI=1S/C13H19N3OS2/c1-3-6-14-13-15-11-10(5-8-18-11)12(16-13)19-9(2)4-7-17/h5,8-9,17H,3-4,6-7H2,1-2H3,(H,14,15,16). The molecule has 2 heterocycles. The number of aromatic nitrogens is 2. The van der Waals surface area contributed by atoms with Gasteiger partial charge in [0.1, 0.15) is 9.86 Å². The highest BCUT2D eigenvalue weighted by molar-refractivity contribution is 8.00. The number of aliphatic hydroxyl groups excluding tert-OH is 1. The summed E-state index contributed by atoms with van der Waals surface area (Å²) in [6, 6.07) is 2.07. The normalized spacial score (nSPS) is 12.8. The molecule has 104 valence electrons. The smallest absolute Gasteiger partial charge is 0.225 e. The molecule has 0 bridgehead atoms. The van der Waals surface area contributed by atoms with Crippen molar-refractivity contribution < 1.29 is 5.11 Å². The second-order valence-electron chi connectivity index (χ2n) is 4.36. The van der Waals surface area contributed by atoms with Crippen molar-refractivity contribution in [1.82, 2.24) is 9.97 Å². The molecule has 0 saturated carbocycles. The number of nitrogens with one attached hydrogen (secondary N) is 1. The van der Waals surface area contributed by atoms with Crippen molar-refractivity contribution in [2.45, 2.75) is 37.0 Å². The average molecular weight is 297 g/mol. The third kappa shape index (κ3) is 3.81. The number of fused-ring (bicyclic) bond motifs is 1. The van der Waals surface area contributed by atoms with Crippen LogP contribution in [0.2, 0.25) is 0 Å². The van der Waals surface area contributed by atoms with Crippen LogP contribution in [0.1, 0.15) is 26.7 Å². The van der Waals surface area contributed by atoms with E-state index in [0.29, 0.717) is 11.2 Å². The van der Waals surface area contributed by atoms with Crippen LogP contribution in [0.15, 0.2) is 16.5 Å². The molecule has 0 amide bonds. The number of aliphatic hydroxyl groups is 1. The minimum absolute atomic E-state index is 0.215. The molecular weight excluding hydrogens is 278 g/mol. The molecule has 0 spiro atoms. The van der Waals surface area contributed by atoms with Crippen LogP contribution < -0.4 is 5.32 Å². The van der Waals surface area contributed by atoms with Crippen LogP contribution in [0.25, 0.3) is 10.2 Å². The summed E-state index contributed by atoms with van der Waals surface area (Å²) in [6.45, 7) is 5.33. The van der Waals surface area contributed by atoms with Crippen molar-refractivity contribution in [2.24, 2.45) is 0 Å². The molecule has 6 heteroatoms. The predicted octanol–water partition coefficient (Wildman–Crippen LogP) is 3.38. The van der Waals surface area contributed by atoms with Crippen LogP contribution in [0.5, 0.6) is 0 Å². The van der Waals surface area contributed by atoms with Crippen molar-refractivity contribution in [1.29, 1.82) is 0 Å². The van der Waals surface area contributed by atoms with Crippen LogP contribution in [-0.2, 0) is 0 Å². The molecule has 0 aliphatic rings. The van der Waals surface area contributed by atoms with E-state index in [1.807, 2.05) is 5.38 Å². The molecule has 2 aromatic rings. The molecule has 0 fully saturated rings. The van der Waals surface area contributed by atoms with Gasteiger partial charge in [0.2, 0.25) is 5.95 Å². The Morgan fingerprint density at radius 3 is 3.05 bits per heavy atom. The molecule has 0 radical (unpaired) electrons. The number of thiophene rings is 1. The average Bonchev–Trinajstić information content (AvgIpc) is 2.85. The molecule has 0 aliphatic heterocycles. The third-order valence-electron chi connectivity index (χ3n) is 2.67. The van der Waals surface area contributed by atoms with Crippen LogP contribution in [0.4, 0.5) is 5.95 Å². The molecule has 1 unspecified atom stereocenters. The van der Waals surface area contributed by atoms with Gasteiger partial charge in [-0.2, -0.15) is 0 Å². The van der Waals surface area contributed by atoms with E-state index in [2.05, 4.69) is 35.2 Å². The minimum atomic E-state index is 0.215. The lowest BCUT2D eigenvalue weighted by Gasteiger charge is -2.11. The van der Waals surface area contributed by atoms with Gasteiger partial charge < -0.3 is 10.4 Å². The fourth-order valence-electron chi connectivity index (χ4n) is 1.67.